The standard InChI is InChI=1S/C15H16BrNO4/c16-9-4-2-1-3-8(9)7-17-14(18)12-10-5-6-11(21-10)13(12)15(19)20/h1-4,10-13H,5-7H2,(H,17,18)(H,19,20)/t10-,11-,12+,13-/m1/s1. The zero-order chi connectivity index (χ0) is 15.0. The summed E-state index contributed by atoms with van der Waals surface area (Å²) in [5.74, 6) is -2.47. The maximum Gasteiger partial charge on any atom is 0.310 e. The smallest absolute Gasteiger partial charge is 0.310 e. The van der Waals surface area contributed by atoms with E-state index in [1.54, 1.807) is 0 Å². The third-order valence-corrected chi connectivity index (χ3v) is 5.05. The Hall–Kier alpha value is -1.40. The molecular formula is C15H16BrNO4. The van der Waals surface area contributed by atoms with Crippen molar-refractivity contribution in [1.82, 2.24) is 5.32 Å². The van der Waals surface area contributed by atoms with Gasteiger partial charge < -0.3 is 15.2 Å². The Kier molecular flexibility index (Phi) is 3.99. The lowest BCUT2D eigenvalue weighted by molar-refractivity contribution is -0.147. The summed E-state index contributed by atoms with van der Waals surface area (Å²) in [5, 5.41) is 12.2. The molecule has 3 rings (SSSR count). The van der Waals surface area contributed by atoms with Gasteiger partial charge in [-0.05, 0) is 24.5 Å². The molecule has 0 saturated carbocycles. The SMILES string of the molecule is O=C(NCc1ccccc1Br)[C@@H]1[C@H](C(=O)O)[C@H]2CC[C@H]1O2. The van der Waals surface area contributed by atoms with Gasteiger partial charge in [-0.2, -0.15) is 0 Å². The van der Waals surface area contributed by atoms with E-state index in [2.05, 4.69) is 21.2 Å². The van der Waals surface area contributed by atoms with E-state index in [9.17, 15) is 14.7 Å². The minimum Gasteiger partial charge on any atom is -0.481 e. The maximum absolute atomic E-state index is 12.4. The van der Waals surface area contributed by atoms with Crippen LogP contribution in [-0.2, 0) is 20.9 Å². The third-order valence-electron chi connectivity index (χ3n) is 4.27. The summed E-state index contributed by atoms with van der Waals surface area (Å²) in [7, 11) is 0. The van der Waals surface area contributed by atoms with Crippen molar-refractivity contribution >= 4 is 27.8 Å². The molecule has 2 aliphatic rings. The molecule has 0 aliphatic carbocycles. The number of aliphatic carboxylic acids is 1. The van der Waals surface area contributed by atoms with Crippen molar-refractivity contribution in [3.63, 3.8) is 0 Å². The average Bonchev–Trinajstić information content (AvgIpc) is 3.06. The summed E-state index contributed by atoms with van der Waals surface area (Å²) in [6.45, 7) is 0.375. The van der Waals surface area contributed by atoms with E-state index in [0.717, 1.165) is 22.9 Å². The van der Waals surface area contributed by atoms with Crippen LogP contribution in [-0.4, -0.2) is 29.2 Å². The van der Waals surface area contributed by atoms with E-state index >= 15 is 0 Å². The molecule has 2 heterocycles. The summed E-state index contributed by atoms with van der Waals surface area (Å²) >= 11 is 3.43. The van der Waals surface area contributed by atoms with Gasteiger partial charge in [0, 0.05) is 11.0 Å². The summed E-state index contributed by atoms with van der Waals surface area (Å²) in [6.07, 6.45) is 0.930. The van der Waals surface area contributed by atoms with Crippen LogP contribution in [0.3, 0.4) is 0 Å². The van der Waals surface area contributed by atoms with Gasteiger partial charge >= 0.3 is 5.97 Å². The molecule has 0 unspecified atom stereocenters. The molecule has 2 bridgehead atoms. The number of hydrogen-bond acceptors (Lipinski definition) is 3. The predicted octanol–water partition coefficient (Wildman–Crippen LogP) is 1.94. The highest BCUT2D eigenvalue weighted by Crippen LogP contribution is 2.43. The second-order valence-electron chi connectivity index (χ2n) is 5.49. The van der Waals surface area contributed by atoms with Crippen LogP contribution >= 0.6 is 15.9 Å². The van der Waals surface area contributed by atoms with Gasteiger partial charge in [0.1, 0.15) is 0 Å². The van der Waals surface area contributed by atoms with Gasteiger partial charge in [0.2, 0.25) is 5.91 Å². The molecule has 1 aromatic carbocycles. The van der Waals surface area contributed by atoms with Crippen molar-refractivity contribution in [2.45, 2.75) is 31.6 Å². The minimum atomic E-state index is -0.941. The van der Waals surface area contributed by atoms with Gasteiger partial charge in [-0.25, -0.2) is 0 Å². The van der Waals surface area contributed by atoms with Gasteiger partial charge in [0.05, 0.1) is 24.0 Å². The predicted molar refractivity (Wildman–Crippen MR) is 78.5 cm³/mol. The lowest BCUT2D eigenvalue weighted by Crippen LogP contribution is -2.43. The number of carboxylic acid groups (broad SMARTS) is 1. The van der Waals surface area contributed by atoms with E-state index in [4.69, 9.17) is 4.74 Å². The van der Waals surface area contributed by atoms with Gasteiger partial charge in [-0.15, -0.1) is 0 Å². The average molecular weight is 354 g/mol. The highest BCUT2D eigenvalue weighted by atomic mass is 79.9. The number of halogens is 1. The zero-order valence-corrected chi connectivity index (χ0v) is 12.9. The zero-order valence-electron chi connectivity index (χ0n) is 11.3. The normalized spacial score (nSPS) is 30.3. The van der Waals surface area contributed by atoms with E-state index in [-0.39, 0.29) is 18.1 Å². The Bertz CT molecular complexity index is 577. The molecule has 0 radical (unpaired) electrons. The largest absolute Gasteiger partial charge is 0.481 e. The highest BCUT2D eigenvalue weighted by molar-refractivity contribution is 9.10. The molecule has 5 nitrogen and oxygen atoms in total. The lowest BCUT2D eigenvalue weighted by Gasteiger charge is -2.24. The van der Waals surface area contributed by atoms with Crippen LogP contribution < -0.4 is 5.32 Å². The quantitative estimate of drug-likeness (QED) is 0.867. The summed E-state index contributed by atoms with van der Waals surface area (Å²) in [6, 6.07) is 7.62. The van der Waals surface area contributed by atoms with E-state index in [1.165, 1.54) is 0 Å². The second-order valence-corrected chi connectivity index (χ2v) is 6.34. The number of ether oxygens (including phenoxy) is 1. The van der Waals surface area contributed by atoms with Crippen molar-refractivity contribution < 1.29 is 19.4 Å². The van der Waals surface area contributed by atoms with Crippen molar-refractivity contribution in [3.8, 4) is 0 Å². The van der Waals surface area contributed by atoms with Crippen molar-refractivity contribution in [3.05, 3.63) is 34.3 Å². The Morgan fingerprint density at radius 3 is 2.57 bits per heavy atom. The number of benzene rings is 1. The van der Waals surface area contributed by atoms with Gasteiger partial charge in [0.15, 0.2) is 0 Å². The van der Waals surface area contributed by atoms with E-state index in [1.807, 2.05) is 24.3 Å². The number of carbonyl (C=O) groups is 2. The maximum atomic E-state index is 12.4. The van der Waals surface area contributed by atoms with Crippen LogP contribution in [0, 0.1) is 11.8 Å². The number of carbonyl (C=O) groups excluding carboxylic acids is 1. The molecule has 2 aliphatic heterocycles. The van der Waals surface area contributed by atoms with Crippen molar-refractivity contribution in [1.29, 1.82) is 0 Å². The minimum absolute atomic E-state index is 0.231. The van der Waals surface area contributed by atoms with Gasteiger partial charge in [-0.3, -0.25) is 9.59 Å². The summed E-state index contributed by atoms with van der Waals surface area (Å²) in [5.41, 5.74) is 0.960. The molecule has 2 saturated heterocycles. The van der Waals surface area contributed by atoms with Crippen LogP contribution in [0.15, 0.2) is 28.7 Å². The number of nitrogens with one attached hydrogen (secondary N) is 1. The molecule has 6 heteroatoms. The molecule has 4 atom stereocenters. The number of amides is 1. The highest BCUT2D eigenvalue weighted by Gasteiger charge is 2.55. The van der Waals surface area contributed by atoms with Crippen LogP contribution in [0.25, 0.3) is 0 Å². The van der Waals surface area contributed by atoms with E-state index < -0.39 is 17.8 Å². The molecule has 2 fully saturated rings. The molecule has 0 spiro atoms. The first-order valence-electron chi connectivity index (χ1n) is 6.97. The van der Waals surface area contributed by atoms with E-state index in [0.29, 0.717) is 6.54 Å². The van der Waals surface area contributed by atoms with Crippen molar-refractivity contribution in [2.24, 2.45) is 11.8 Å². The summed E-state index contributed by atoms with van der Waals surface area (Å²) < 4.78 is 6.53. The van der Waals surface area contributed by atoms with Crippen LogP contribution in [0.5, 0.6) is 0 Å². The van der Waals surface area contributed by atoms with Gasteiger partial charge in [0.25, 0.3) is 0 Å². The number of hydrogen-bond donors (Lipinski definition) is 2. The third kappa shape index (κ3) is 2.70. The first-order valence-corrected chi connectivity index (χ1v) is 7.76. The molecular weight excluding hydrogens is 338 g/mol. The lowest BCUT2D eigenvalue weighted by atomic mass is 9.78. The Labute approximate surface area is 130 Å². The second kappa shape index (κ2) is 5.77. The van der Waals surface area contributed by atoms with Gasteiger partial charge in [-0.1, -0.05) is 34.1 Å². The molecule has 112 valence electrons. The fourth-order valence-electron chi connectivity index (χ4n) is 3.27. The number of rotatable bonds is 4. The van der Waals surface area contributed by atoms with Crippen molar-refractivity contribution in [2.75, 3.05) is 0 Å². The van der Waals surface area contributed by atoms with Crippen LogP contribution in [0.4, 0.5) is 0 Å². The molecule has 21 heavy (non-hydrogen) atoms. The summed E-state index contributed by atoms with van der Waals surface area (Å²) in [4.78, 5) is 23.7. The molecule has 1 aromatic rings. The van der Waals surface area contributed by atoms with Crippen LogP contribution in [0.2, 0.25) is 0 Å². The molecule has 0 aromatic heterocycles. The first kappa shape index (κ1) is 14.5. The Morgan fingerprint density at radius 2 is 1.90 bits per heavy atom. The Morgan fingerprint density at radius 1 is 1.24 bits per heavy atom. The van der Waals surface area contributed by atoms with Crippen LogP contribution in [0.1, 0.15) is 18.4 Å². The molecule has 1 amide bonds. The molecule has 2 N–H and O–H groups in total. The number of fused-ring (bicyclic) bond motifs is 2. The number of carboxylic acids is 1. The fourth-order valence-corrected chi connectivity index (χ4v) is 3.69. The monoisotopic (exact) mass is 353 g/mol. The first-order chi connectivity index (χ1) is 10.1. The fraction of sp³-hybridized carbons (Fsp3) is 0.467. The topological polar surface area (TPSA) is 75.6 Å². The Balaban J connectivity index is 1.68.